The molecule has 0 spiro atoms. The van der Waals surface area contributed by atoms with Gasteiger partial charge in [-0.3, -0.25) is 0 Å². The number of sulfonamides is 1. The average molecular weight is 314 g/mol. The number of aryl methyl sites for hydroxylation is 1. The molecule has 0 bridgehead atoms. The molecule has 1 aliphatic rings. The van der Waals surface area contributed by atoms with Gasteiger partial charge in [0.1, 0.15) is 0 Å². The van der Waals surface area contributed by atoms with E-state index in [9.17, 15) is 8.42 Å². The van der Waals surface area contributed by atoms with Crippen molar-refractivity contribution in [2.45, 2.75) is 36.3 Å². The van der Waals surface area contributed by atoms with Gasteiger partial charge in [-0.2, -0.15) is 11.8 Å². The van der Waals surface area contributed by atoms with Gasteiger partial charge in [-0.25, -0.2) is 13.1 Å². The van der Waals surface area contributed by atoms with Crippen molar-refractivity contribution in [1.82, 2.24) is 4.72 Å². The van der Waals surface area contributed by atoms with Crippen molar-refractivity contribution in [3.8, 4) is 0 Å². The highest BCUT2D eigenvalue weighted by molar-refractivity contribution is 8.00. The number of benzene rings is 1. The fourth-order valence-corrected chi connectivity index (χ4v) is 3.58. The zero-order valence-electron chi connectivity index (χ0n) is 12.2. The Morgan fingerprint density at radius 3 is 2.85 bits per heavy atom. The quantitative estimate of drug-likeness (QED) is 0.876. The summed E-state index contributed by atoms with van der Waals surface area (Å²) in [7, 11) is -3.44. The number of thioether (sulfide) groups is 1. The van der Waals surface area contributed by atoms with E-state index < -0.39 is 10.0 Å². The predicted molar refractivity (Wildman–Crippen MR) is 86.0 cm³/mol. The molecule has 2 N–H and O–H groups in total. The maximum Gasteiger partial charge on any atom is 0.240 e. The van der Waals surface area contributed by atoms with Gasteiger partial charge in [0.25, 0.3) is 0 Å². The summed E-state index contributed by atoms with van der Waals surface area (Å²) in [6.07, 6.45) is 4.09. The largest absolute Gasteiger partial charge is 0.385 e. The lowest BCUT2D eigenvalue weighted by molar-refractivity contribution is 0.570. The SMILES string of the molecule is CSC(C)(C)CNS(=O)(=O)c1ccc2c(c1)NCCC2. The molecule has 1 aromatic rings. The second-order valence-electron chi connectivity index (χ2n) is 5.64. The molecule has 20 heavy (non-hydrogen) atoms. The molecule has 0 unspecified atom stereocenters. The average Bonchev–Trinajstić information content (AvgIpc) is 2.45. The Kier molecular flexibility index (Phi) is 4.66. The molecule has 2 rings (SSSR count). The summed E-state index contributed by atoms with van der Waals surface area (Å²) >= 11 is 1.65. The molecule has 4 nitrogen and oxygen atoms in total. The summed E-state index contributed by atoms with van der Waals surface area (Å²) in [6, 6.07) is 5.35. The Morgan fingerprint density at radius 2 is 2.15 bits per heavy atom. The van der Waals surface area contributed by atoms with E-state index in [-0.39, 0.29) is 4.75 Å². The molecule has 0 fully saturated rings. The van der Waals surface area contributed by atoms with Gasteiger partial charge in [0.15, 0.2) is 0 Å². The van der Waals surface area contributed by atoms with Crippen LogP contribution in [0, 0.1) is 0 Å². The minimum absolute atomic E-state index is 0.112. The number of nitrogens with one attached hydrogen (secondary N) is 2. The van der Waals surface area contributed by atoms with Gasteiger partial charge in [0.2, 0.25) is 10.0 Å². The van der Waals surface area contributed by atoms with E-state index in [1.54, 1.807) is 23.9 Å². The molecule has 0 saturated heterocycles. The number of anilines is 1. The molecule has 112 valence electrons. The molecular formula is C14H22N2O2S2. The minimum Gasteiger partial charge on any atom is -0.385 e. The third-order valence-corrected chi connectivity index (χ3v) is 6.22. The minimum atomic E-state index is -3.44. The van der Waals surface area contributed by atoms with Crippen molar-refractivity contribution in [3.05, 3.63) is 23.8 Å². The van der Waals surface area contributed by atoms with Crippen molar-refractivity contribution in [2.24, 2.45) is 0 Å². The van der Waals surface area contributed by atoms with Crippen LogP contribution in [0.2, 0.25) is 0 Å². The Hall–Kier alpha value is -0.720. The number of hydrogen-bond acceptors (Lipinski definition) is 4. The van der Waals surface area contributed by atoms with Crippen molar-refractivity contribution in [1.29, 1.82) is 0 Å². The Labute approximate surface area is 125 Å². The van der Waals surface area contributed by atoms with Gasteiger partial charge in [0.05, 0.1) is 4.90 Å². The topological polar surface area (TPSA) is 58.2 Å². The predicted octanol–water partition coefficient (Wildman–Crippen LogP) is 2.46. The summed E-state index contributed by atoms with van der Waals surface area (Å²) in [6.45, 7) is 5.37. The summed E-state index contributed by atoms with van der Waals surface area (Å²) in [5.74, 6) is 0. The van der Waals surface area contributed by atoms with Crippen LogP contribution in [0.4, 0.5) is 5.69 Å². The van der Waals surface area contributed by atoms with Crippen LogP contribution >= 0.6 is 11.8 Å². The highest BCUT2D eigenvalue weighted by atomic mass is 32.2. The van der Waals surface area contributed by atoms with Crippen LogP contribution in [0.25, 0.3) is 0 Å². The summed E-state index contributed by atoms with van der Waals surface area (Å²) in [4.78, 5) is 0.336. The van der Waals surface area contributed by atoms with E-state index in [4.69, 9.17) is 0 Å². The summed E-state index contributed by atoms with van der Waals surface area (Å²) in [5, 5.41) is 3.26. The standard InChI is InChI=1S/C14H22N2O2S2/c1-14(2,19-3)10-16-20(17,18)12-7-6-11-5-4-8-15-13(11)9-12/h6-7,9,15-16H,4-5,8,10H2,1-3H3. The van der Waals surface area contributed by atoms with Crippen LogP contribution in [0.3, 0.4) is 0 Å². The van der Waals surface area contributed by atoms with E-state index in [1.165, 1.54) is 5.56 Å². The van der Waals surface area contributed by atoms with Crippen molar-refractivity contribution < 1.29 is 8.42 Å². The van der Waals surface area contributed by atoms with E-state index in [2.05, 4.69) is 10.0 Å². The van der Waals surface area contributed by atoms with Gasteiger partial charge in [-0.15, -0.1) is 0 Å². The first kappa shape index (κ1) is 15.7. The van der Waals surface area contributed by atoms with Crippen LogP contribution < -0.4 is 10.0 Å². The molecule has 0 radical (unpaired) electrons. The lowest BCUT2D eigenvalue weighted by Crippen LogP contribution is -2.36. The maximum atomic E-state index is 12.3. The highest BCUT2D eigenvalue weighted by Gasteiger charge is 2.22. The fraction of sp³-hybridized carbons (Fsp3) is 0.571. The van der Waals surface area contributed by atoms with Gasteiger partial charge >= 0.3 is 0 Å². The van der Waals surface area contributed by atoms with Crippen molar-refractivity contribution >= 4 is 27.5 Å². The van der Waals surface area contributed by atoms with Gasteiger partial charge < -0.3 is 5.32 Å². The fourth-order valence-electron chi connectivity index (χ4n) is 2.03. The second kappa shape index (κ2) is 5.95. The second-order valence-corrected chi connectivity index (χ2v) is 8.92. The normalized spacial score (nSPS) is 15.6. The summed E-state index contributed by atoms with van der Waals surface area (Å²) < 4.78 is 27.3. The molecule has 0 atom stereocenters. The first-order valence-corrected chi connectivity index (χ1v) is 9.46. The van der Waals surface area contributed by atoms with E-state index in [1.807, 2.05) is 26.2 Å². The third-order valence-electron chi connectivity index (χ3n) is 3.57. The molecule has 0 saturated carbocycles. The Morgan fingerprint density at radius 1 is 1.40 bits per heavy atom. The van der Waals surface area contributed by atoms with Crippen LogP contribution in [0.15, 0.2) is 23.1 Å². The van der Waals surface area contributed by atoms with Gasteiger partial charge in [0, 0.05) is 23.5 Å². The van der Waals surface area contributed by atoms with Crippen LogP contribution in [0.1, 0.15) is 25.8 Å². The monoisotopic (exact) mass is 314 g/mol. The Bertz CT molecular complexity index is 583. The molecular weight excluding hydrogens is 292 g/mol. The first-order chi connectivity index (χ1) is 9.34. The van der Waals surface area contributed by atoms with Crippen LogP contribution in [-0.2, 0) is 16.4 Å². The van der Waals surface area contributed by atoms with E-state index in [0.29, 0.717) is 11.4 Å². The number of hydrogen-bond donors (Lipinski definition) is 2. The highest BCUT2D eigenvalue weighted by Crippen LogP contribution is 2.26. The number of fused-ring (bicyclic) bond motifs is 1. The van der Waals surface area contributed by atoms with Gasteiger partial charge in [-0.05, 0) is 50.6 Å². The molecule has 1 aromatic carbocycles. The zero-order chi connectivity index (χ0) is 14.8. The van der Waals surface area contributed by atoms with Crippen molar-refractivity contribution in [2.75, 3.05) is 24.7 Å². The Balaban J connectivity index is 2.17. The molecule has 6 heteroatoms. The maximum absolute atomic E-state index is 12.3. The zero-order valence-corrected chi connectivity index (χ0v) is 13.8. The first-order valence-electron chi connectivity index (χ1n) is 6.76. The molecule has 0 aliphatic carbocycles. The number of rotatable bonds is 5. The lowest BCUT2D eigenvalue weighted by Gasteiger charge is -2.23. The smallest absolute Gasteiger partial charge is 0.240 e. The molecule has 0 aromatic heterocycles. The van der Waals surface area contributed by atoms with E-state index >= 15 is 0 Å². The van der Waals surface area contributed by atoms with Gasteiger partial charge in [-0.1, -0.05) is 6.07 Å². The lowest BCUT2D eigenvalue weighted by atomic mass is 10.0. The van der Waals surface area contributed by atoms with Crippen LogP contribution in [0.5, 0.6) is 0 Å². The molecule has 1 aliphatic heterocycles. The third kappa shape index (κ3) is 3.68. The van der Waals surface area contributed by atoms with Crippen molar-refractivity contribution in [3.63, 3.8) is 0 Å². The van der Waals surface area contributed by atoms with E-state index in [0.717, 1.165) is 25.1 Å². The summed E-state index contributed by atoms with van der Waals surface area (Å²) in [5.41, 5.74) is 2.14. The van der Waals surface area contributed by atoms with Crippen LogP contribution in [-0.4, -0.2) is 32.5 Å². The molecule has 0 amide bonds. The molecule has 1 heterocycles.